The van der Waals surface area contributed by atoms with Gasteiger partial charge >= 0.3 is 0 Å². The third-order valence-electron chi connectivity index (χ3n) is 2.99. The van der Waals surface area contributed by atoms with Gasteiger partial charge in [-0.25, -0.2) is 15.0 Å². The maximum Gasteiger partial charge on any atom is 0.182 e. The molecule has 90 valence electrons. The van der Waals surface area contributed by atoms with Gasteiger partial charge in [0.05, 0.1) is 6.33 Å². The van der Waals surface area contributed by atoms with Gasteiger partial charge in [-0.1, -0.05) is 6.07 Å². The Morgan fingerprint density at radius 3 is 2.78 bits per heavy atom. The number of rotatable bonds is 2. The highest BCUT2D eigenvalue weighted by Gasteiger charge is 2.06. The monoisotopic (exact) mass is 239 g/mol. The summed E-state index contributed by atoms with van der Waals surface area (Å²) in [4.78, 5) is 15.5. The molecule has 0 atom stereocenters. The molecule has 1 aromatic carbocycles. The first-order chi connectivity index (χ1) is 8.74. The van der Waals surface area contributed by atoms with Crippen molar-refractivity contribution in [1.82, 2.24) is 19.9 Å². The first-order valence-electron chi connectivity index (χ1n) is 5.72. The van der Waals surface area contributed by atoms with Crippen LogP contribution < -0.4 is 5.32 Å². The van der Waals surface area contributed by atoms with Gasteiger partial charge in [-0.3, -0.25) is 0 Å². The maximum absolute atomic E-state index is 4.23. The van der Waals surface area contributed by atoms with Crippen LogP contribution in [-0.4, -0.2) is 19.9 Å². The van der Waals surface area contributed by atoms with Gasteiger partial charge in [0.2, 0.25) is 0 Å². The smallest absolute Gasteiger partial charge is 0.182 e. The number of imidazole rings is 1. The van der Waals surface area contributed by atoms with Crippen molar-refractivity contribution in [2.45, 2.75) is 13.8 Å². The molecule has 0 aliphatic heterocycles. The molecule has 0 aliphatic rings. The molecule has 0 unspecified atom stereocenters. The zero-order valence-electron chi connectivity index (χ0n) is 10.2. The molecule has 0 spiro atoms. The molecule has 0 fully saturated rings. The SMILES string of the molecule is Cc1ccc(Nc2ncnc3nc[nH]c23)cc1C. The van der Waals surface area contributed by atoms with Gasteiger partial charge in [-0.2, -0.15) is 0 Å². The average Bonchev–Trinajstić information content (AvgIpc) is 2.83. The third-order valence-corrected chi connectivity index (χ3v) is 2.99. The van der Waals surface area contributed by atoms with Crippen LogP contribution in [-0.2, 0) is 0 Å². The van der Waals surface area contributed by atoms with Crippen LogP contribution in [0.3, 0.4) is 0 Å². The fourth-order valence-corrected chi connectivity index (χ4v) is 1.82. The Kier molecular flexibility index (Phi) is 2.44. The molecule has 18 heavy (non-hydrogen) atoms. The number of H-pyrrole nitrogens is 1. The van der Waals surface area contributed by atoms with Crippen LogP contribution in [0.25, 0.3) is 11.2 Å². The highest BCUT2D eigenvalue weighted by atomic mass is 15.1. The number of hydrogen-bond acceptors (Lipinski definition) is 4. The van der Waals surface area contributed by atoms with E-state index in [-0.39, 0.29) is 0 Å². The predicted octanol–water partition coefficient (Wildman–Crippen LogP) is 2.71. The molecular formula is C13H13N5. The zero-order valence-corrected chi connectivity index (χ0v) is 10.2. The average molecular weight is 239 g/mol. The molecule has 0 saturated heterocycles. The maximum atomic E-state index is 4.23. The summed E-state index contributed by atoms with van der Waals surface area (Å²) in [6.07, 6.45) is 3.12. The Bertz CT molecular complexity index is 701. The lowest BCUT2D eigenvalue weighted by molar-refractivity contribution is 1.20. The second kappa shape index (κ2) is 4.10. The molecule has 2 heterocycles. The standard InChI is InChI=1S/C13H13N5/c1-8-3-4-10(5-9(8)2)18-13-11-12(15-6-14-11)16-7-17-13/h3-7H,1-2H3,(H2,14,15,16,17,18). The molecule has 0 bridgehead atoms. The molecule has 2 N–H and O–H groups in total. The minimum Gasteiger partial charge on any atom is -0.340 e. The van der Waals surface area contributed by atoms with Crippen LogP contribution >= 0.6 is 0 Å². The van der Waals surface area contributed by atoms with E-state index in [0.717, 1.165) is 17.0 Å². The Morgan fingerprint density at radius 2 is 1.94 bits per heavy atom. The van der Waals surface area contributed by atoms with Crippen molar-refractivity contribution < 1.29 is 0 Å². The van der Waals surface area contributed by atoms with Crippen LogP contribution in [0, 0.1) is 13.8 Å². The van der Waals surface area contributed by atoms with Crippen molar-refractivity contribution >= 4 is 22.7 Å². The summed E-state index contributed by atoms with van der Waals surface area (Å²) in [5.41, 5.74) is 5.00. The summed E-state index contributed by atoms with van der Waals surface area (Å²) in [5.74, 6) is 0.737. The van der Waals surface area contributed by atoms with Crippen molar-refractivity contribution in [3.8, 4) is 0 Å². The van der Waals surface area contributed by atoms with E-state index in [1.54, 1.807) is 6.33 Å². The quantitative estimate of drug-likeness (QED) is 0.721. The summed E-state index contributed by atoms with van der Waals surface area (Å²) in [6, 6.07) is 6.22. The van der Waals surface area contributed by atoms with Crippen molar-refractivity contribution in [2.75, 3.05) is 5.32 Å². The molecule has 0 aliphatic carbocycles. The minimum absolute atomic E-state index is 0.663. The summed E-state index contributed by atoms with van der Waals surface area (Å²) in [7, 11) is 0. The fourth-order valence-electron chi connectivity index (χ4n) is 1.82. The number of aryl methyl sites for hydroxylation is 2. The van der Waals surface area contributed by atoms with Crippen molar-refractivity contribution in [1.29, 1.82) is 0 Å². The summed E-state index contributed by atoms with van der Waals surface area (Å²) in [5, 5.41) is 3.28. The minimum atomic E-state index is 0.663. The normalized spacial score (nSPS) is 10.8. The van der Waals surface area contributed by atoms with Crippen LogP contribution in [0.2, 0.25) is 0 Å². The number of hydrogen-bond donors (Lipinski definition) is 2. The van der Waals surface area contributed by atoms with E-state index in [2.05, 4.69) is 51.2 Å². The predicted molar refractivity (Wildman–Crippen MR) is 70.9 cm³/mol. The lowest BCUT2D eigenvalue weighted by Gasteiger charge is -2.08. The number of nitrogens with zero attached hydrogens (tertiary/aromatic N) is 3. The summed E-state index contributed by atoms with van der Waals surface area (Å²) < 4.78 is 0. The number of nitrogens with one attached hydrogen (secondary N) is 2. The van der Waals surface area contributed by atoms with Crippen molar-refractivity contribution in [2.24, 2.45) is 0 Å². The number of fused-ring (bicyclic) bond motifs is 1. The Hall–Kier alpha value is -2.43. The summed E-state index contributed by atoms with van der Waals surface area (Å²) >= 11 is 0. The Morgan fingerprint density at radius 1 is 1.06 bits per heavy atom. The van der Waals surface area contributed by atoms with Crippen LogP contribution in [0.15, 0.2) is 30.9 Å². The lowest BCUT2D eigenvalue weighted by atomic mass is 10.1. The molecule has 0 saturated carbocycles. The van der Waals surface area contributed by atoms with E-state index in [9.17, 15) is 0 Å². The van der Waals surface area contributed by atoms with E-state index in [0.29, 0.717) is 5.65 Å². The highest BCUT2D eigenvalue weighted by Crippen LogP contribution is 2.21. The van der Waals surface area contributed by atoms with Gasteiger partial charge in [-0.05, 0) is 37.1 Å². The number of benzene rings is 1. The molecule has 2 aromatic heterocycles. The third kappa shape index (κ3) is 1.79. The molecule has 0 radical (unpaired) electrons. The number of aromatic amines is 1. The zero-order chi connectivity index (χ0) is 12.5. The van der Waals surface area contributed by atoms with Crippen LogP contribution in [0.5, 0.6) is 0 Å². The largest absolute Gasteiger partial charge is 0.340 e. The van der Waals surface area contributed by atoms with E-state index >= 15 is 0 Å². The van der Waals surface area contributed by atoms with Crippen LogP contribution in [0.4, 0.5) is 11.5 Å². The van der Waals surface area contributed by atoms with Gasteiger partial charge in [0, 0.05) is 5.69 Å². The topological polar surface area (TPSA) is 66.5 Å². The molecule has 5 nitrogen and oxygen atoms in total. The molecule has 3 aromatic rings. The first kappa shape index (κ1) is 10.7. The fraction of sp³-hybridized carbons (Fsp3) is 0.154. The van der Waals surface area contributed by atoms with Crippen molar-refractivity contribution in [3.63, 3.8) is 0 Å². The second-order valence-electron chi connectivity index (χ2n) is 4.25. The highest BCUT2D eigenvalue weighted by molar-refractivity contribution is 5.84. The van der Waals surface area contributed by atoms with Gasteiger partial charge in [-0.15, -0.1) is 0 Å². The van der Waals surface area contributed by atoms with Gasteiger partial charge in [0.15, 0.2) is 11.5 Å². The Labute approximate surface area is 104 Å². The van der Waals surface area contributed by atoms with Gasteiger partial charge in [0.25, 0.3) is 0 Å². The van der Waals surface area contributed by atoms with E-state index in [1.807, 2.05) is 6.07 Å². The Balaban J connectivity index is 2.01. The molecule has 5 heteroatoms. The molecule has 0 amide bonds. The van der Waals surface area contributed by atoms with E-state index in [4.69, 9.17) is 0 Å². The van der Waals surface area contributed by atoms with Crippen molar-refractivity contribution in [3.05, 3.63) is 42.0 Å². The lowest BCUT2D eigenvalue weighted by Crippen LogP contribution is -1.96. The molecular weight excluding hydrogens is 226 g/mol. The second-order valence-corrected chi connectivity index (χ2v) is 4.25. The number of anilines is 2. The van der Waals surface area contributed by atoms with E-state index in [1.165, 1.54) is 17.5 Å². The summed E-state index contributed by atoms with van der Waals surface area (Å²) in [6.45, 7) is 4.18. The first-order valence-corrected chi connectivity index (χ1v) is 5.72. The van der Waals surface area contributed by atoms with Gasteiger partial charge in [0.1, 0.15) is 11.8 Å². The molecule has 3 rings (SSSR count). The number of aromatic nitrogens is 4. The van der Waals surface area contributed by atoms with Gasteiger partial charge < -0.3 is 10.3 Å². The van der Waals surface area contributed by atoms with Crippen LogP contribution in [0.1, 0.15) is 11.1 Å². The van der Waals surface area contributed by atoms with E-state index < -0.39 is 0 Å².